The van der Waals surface area contributed by atoms with Crippen LogP contribution in [0, 0.1) is 12.7 Å². The molecular weight excluding hydrogens is 231 g/mol. The molecule has 88 valence electrons. The normalized spacial score (nSPS) is 10.5. The second-order valence-corrected chi connectivity index (χ2v) is 5.19. The lowest BCUT2D eigenvalue weighted by molar-refractivity contribution is 0.628. The van der Waals surface area contributed by atoms with Crippen LogP contribution in [-0.2, 0) is 0 Å². The van der Waals surface area contributed by atoms with E-state index in [0.717, 1.165) is 22.4 Å². The molecule has 0 aliphatic rings. The van der Waals surface area contributed by atoms with Crippen molar-refractivity contribution in [2.24, 2.45) is 0 Å². The van der Waals surface area contributed by atoms with Gasteiger partial charge in [-0.1, -0.05) is 31.2 Å². The summed E-state index contributed by atoms with van der Waals surface area (Å²) in [5.41, 5.74) is 3.22. The van der Waals surface area contributed by atoms with Gasteiger partial charge in [0.05, 0.1) is 0 Å². The van der Waals surface area contributed by atoms with Crippen molar-refractivity contribution >= 4 is 11.8 Å². The van der Waals surface area contributed by atoms with Gasteiger partial charge in [0, 0.05) is 4.90 Å². The van der Waals surface area contributed by atoms with E-state index in [1.165, 1.54) is 11.0 Å². The van der Waals surface area contributed by atoms with Crippen molar-refractivity contribution in [2.75, 3.05) is 5.75 Å². The van der Waals surface area contributed by atoms with Gasteiger partial charge < -0.3 is 0 Å². The zero-order chi connectivity index (χ0) is 12.3. The van der Waals surface area contributed by atoms with Gasteiger partial charge in [-0.2, -0.15) is 0 Å². The first-order valence-electron chi connectivity index (χ1n) is 5.70. The summed E-state index contributed by atoms with van der Waals surface area (Å²) < 4.78 is 13.3. The number of hydrogen-bond acceptors (Lipinski definition) is 1. The number of rotatable bonds is 3. The van der Waals surface area contributed by atoms with Crippen LogP contribution < -0.4 is 0 Å². The standard InChI is InChI=1S/C15H15FS/c1-3-17-15-7-5-4-6-13(15)14-10-12(16)9-8-11(14)2/h4-10H,3H2,1-2H3. The third kappa shape index (κ3) is 2.70. The van der Waals surface area contributed by atoms with Crippen LogP contribution >= 0.6 is 11.8 Å². The number of halogens is 1. The zero-order valence-corrected chi connectivity index (χ0v) is 10.9. The van der Waals surface area contributed by atoms with E-state index in [-0.39, 0.29) is 5.82 Å². The summed E-state index contributed by atoms with van der Waals surface area (Å²) in [5.74, 6) is 0.840. The van der Waals surface area contributed by atoms with Gasteiger partial charge in [0.25, 0.3) is 0 Å². The van der Waals surface area contributed by atoms with E-state index < -0.39 is 0 Å². The highest BCUT2D eigenvalue weighted by atomic mass is 32.2. The average Bonchev–Trinajstić information content (AvgIpc) is 2.34. The fourth-order valence-electron chi connectivity index (χ4n) is 1.85. The predicted molar refractivity (Wildman–Crippen MR) is 73.0 cm³/mol. The first-order chi connectivity index (χ1) is 8.22. The van der Waals surface area contributed by atoms with E-state index in [1.807, 2.05) is 25.1 Å². The maximum atomic E-state index is 13.3. The summed E-state index contributed by atoms with van der Waals surface area (Å²) in [7, 11) is 0. The minimum absolute atomic E-state index is 0.179. The van der Waals surface area contributed by atoms with Gasteiger partial charge in [-0.05, 0) is 47.6 Å². The summed E-state index contributed by atoms with van der Waals surface area (Å²) in [5, 5.41) is 0. The maximum absolute atomic E-state index is 13.3. The van der Waals surface area contributed by atoms with Gasteiger partial charge in [0.1, 0.15) is 5.82 Å². The van der Waals surface area contributed by atoms with Crippen LogP contribution in [0.15, 0.2) is 47.4 Å². The first-order valence-corrected chi connectivity index (χ1v) is 6.69. The lowest BCUT2D eigenvalue weighted by atomic mass is 10.0. The number of hydrogen-bond donors (Lipinski definition) is 0. The molecule has 2 aromatic rings. The molecule has 0 heterocycles. The molecule has 0 fully saturated rings. The molecule has 0 saturated carbocycles. The molecule has 17 heavy (non-hydrogen) atoms. The Kier molecular flexibility index (Phi) is 3.85. The van der Waals surface area contributed by atoms with Gasteiger partial charge in [-0.15, -0.1) is 11.8 Å². The fourth-order valence-corrected chi connectivity index (χ4v) is 2.67. The van der Waals surface area contributed by atoms with Gasteiger partial charge in [-0.3, -0.25) is 0 Å². The van der Waals surface area contributed by atoms with Crippen LogP contribution in [0.2, 0.25) is 0 Å². The molecule has 0 spiro atoms. The molecule has 0 unspecified atom stereocenters. The Hall–Kier alpha value is -1.28. The highest BCUT2D eigenvalue weighted by Crippen LogP contribution is 2.33. The molecule has 0 aromatic heterocycles. The van der Waals surface area contributed by atoms with Gasteiger partial charge in [0.2, 0.25) is 0 Å². The molecule has 2 aromatic carbocycles. The summed E-state index contributed by atoms with van der Waals surface area (Å²) in [6, 6.07) is 13.1. The minimum atomic E-state index is -0.179. The van der Waals surface area contributed by atoms with Crippen molar-refractivity contribution in [3.05, 3.63) is 53.8 Å². The predicted octanol–water partition coefficient (Wildman–Crippen LogP) is 4.91. The Morgan fingerprint density at radius 1 is 1.06 bits per heavy atom. The van der Waals surface area contributed by atoms with E-state index in [4.69, 9.17) is 0 Å². The fraction of sp³-hybridized carbons (Fsp3) is 0.200. The van der Waals surface area contributed by atoms with Crippen LogP contribution in [0.25, 0.3) is 11.1 Å². The van der Waals surface area contributed by atoms with Crippen molar-refractivity contribution < 1.29 is 4.39 Å². The highest BCUT2D eigenvalue weighted by molar-refractivity contribution is 7.99. The molecular formula is C15H15FS. The molecule has 0 nitrogen and oxygen atoms in total. The molecule has 0 radical (unpaired) electrons. The second kappa shape index (κ2) is 5.37. The van der Waals surface area contributed by atoms with Gasteiger partial charge in [-0.25, -0.2) is 4.39 Å². The summed E-state index contributed by atoms with van der Waals surface area (Å²) in [6.07, 6.45) is 0. The van der Waals surface area contributed by atoms with Crippen LogP contribution in [0.1, 0.15) is 12.5 Å². The lowest BCUT2D eigenvalue weighted by Crippen LogP contribution is -1.88. The molecule has 0 amide bonds. The lowest BCUT2D eigenvalue weighted by Gasteiger charge is -2.11. The Morgan fingerprint density at radius 2 is 1.82 bits per heavy atom. The number of thioether (sulfide) groups is 1. The zero-order valence-electron chi connectivity index (χ0n) is 10.0. The van der Waals surface area contributed by atoms with E-state index >= 15 is 0 Å². The van der Waals surface area contributed by atoms with Gasteiger partial charge >= 0.3 is 0 Å². The van der Waals surface area contributed by atoms with E-state index in [0.29, 0.717) is 0 Å². The van der Waals surface area contributed by atoms with Crippen molar-refractivity contribution in [1.82, 2.24) is 0 Å². The topological polar surface area (TPSA) is 0 Å². The van der Waals surface area contributed by atoms with Crippen LogP contribution in [-0.4, -0.2) is 5.75 Å². The number of benzene rings is 2. The average molecular weight is 246 g/mol. The van der Waals surface area contributed by atoms with E-state index in [2.05, 4.69) is 19.1 Å². The van der Waals surface area contributed by atoms with Crippen molar-refractivity contribution in [3.63, 3.8) is 0 Å². The summed E-state index contributed by atoms with van der Waals surface area (Å²) in [4.78, 5) is 1.21. The molecule has 0 bridgehead atoms. The third-order valence-corrected chi connectivity index (χ3v) is 3.63. The van der Waals surface area contributed by atoms with E-state index in [1.54, 1.807) is 17.8 Å². The smallest absolute Gasteiger partial charge is 0.123 e. The molecule has 0 aliphatic carbocycles. The monoisotopic (exact) mass is 246 g/mol. The van der Waals surface area contributed by atoms with Crippen LogP contribution in [0.5, 0.6) is 0 Å². The van der Waals surface area contributed by atoms with Crippen molar-refractivity contribution in [1.29, 1.82) is 0 Å². The van der Waals surface area contributed by atoms with Crippen LogP contribution in [0.3, 0.4) is 0 Å². The molecule has 2 heteroatoms. The van der Waals surface area contributed by atoms with Crippen molar-refractivity contribution in [3.8, 4) is 11.1 Å². The molecule has 0 atom stereocenters. The highest BCUT2D eigenvalue weighted by Gasteiger charge is 2.08. The molecule has 0 saturated heterocycles. The third-order valence-electron chi connectivity index (χ3n) is 2.68. The summed E-state index contributed by atoms with van der Waals surface area (Å²) in [6.45, 7) is 4.14. The Bertz CT molecular complexity index is 520. The second-order valence-electron chi connectivity index (χ2n) is 3.89. The Balaban J connectivity index is 2.55. The summed E-state index contributed by atoms with van der Waals surface area (Å²) >= 11 is 1.79. The quantitative estimate of drug-likeness (QED) is 0.693. The molecule has 0 N–H and O–H groups in total. The van der Waals surface area contributed by atoms with Gasteiger partial charge in [0.15, 0.2) is 0 Å². The number of aryl methyl sites for hydroxylation is 1. The Morgan fingerprint density at radius 3 is 2.59 bits per heavy atom. The first kappa shape index (κ1) is 12.2. The molecule has 0 aliphatic heterocycles. The largest absolute Gasteiger partial charge is 0.207 e. The minimum Gasteiger partial charge on any atom is -0.207 e. The van der Waals surface area contributed by atoms with Crippen molar-refractivity contribution in [2.45, 2.75) is 18.7 Å². The van der Waals surface area contributed by atoms with E-state index in [9.17, 15) is 4.39 Å². The molecule has 2 rings (SSSR count). The SMILES string of the molecule is CCSc1ccccc1-c1cc(F)ccc1C. The Labute approximate surface area is 106 Å². The maximum Gasteiger partial charge on any atom is 0.123 e. The van der Waals surface area contributed by atoms with Crippen LogP contribution in [0.4, 0.5) is 4.39 Å².